The lowest BCUT2D eigenvalue weighted by Crippen LogP contribution is -2.41. The van der Waals surface area contributed by atoms with Crippen molar-refractivity contribution in [2.45, 2.75) is 19.8 Å². The third-order valence-corrected chi connectivity index (χ3v) is 4.04. The molecule has 1 N–H and O–H groups in total. The lowest BCUT2D eigenvalue weighted by molar-refractivity contribution is -0.134. The quantitative estimate of drug-likeness (QED) is 0.787. The molecule has 0 unspecified atom stereocenters. The van der Waals surface area contributed by atoms with Crippen molar-refractivity contribution in [1.29, 1.82) is 0 Å². The van der Waals surface area contributed by atoms with Gasteiger partial charge in [-0.1, -0.05) is 30.3 Å². The van der Waals surface area contributed by atoms with E-state index in [0.717, 1.165) is 5.56 Å². The van der Waals surface area contributed by atoms with Crippen LogP contribution in [0.5, 0.6) is 0 Å². The van der Waals surface area contributed by atoms with Crippen LogP contribution in [0.25, 0.3) is 0 Å². The van der Waals surface area contributed by atoms with E-state index in [2.05, 4.69) is 5.32 Å². The van der Waals surface area contributed by atoms with Crippen molar-refractivity contribution in [2.24, 2.45) is 0 Å². The summed E-state index contributed by atoms with van der Waals surface area (Å²) in [6.45, 7) is 2.00. The normalized spacial score (nSPS) is 10.4. The van der Waals surface area contributed by atoms with Crippen LogP contribution in [0, 0.1) is 11.6 Å². The smallest absolute Gasteiger partial charge is 0.239 e. The minimum Gasteiger partial charge on any atom is -0.354 e. The predicted octanol–water partition coefficient (Wildman–Crippen LogP) is 2.71. The van der Waals surface area contributed by atoms with E-state index in [-0.39, 0.29) is 30.0 Å². The van der Waals surface area contributed by atoms with Crippen LogP contribution >= 0.6 is 0 Å². The summed E-state index contributed by atoms with van der Waals surface area (Å²) in [6.07, 6.45) is 0.913. The molecule has 0 radical (unpaired) electrons. The van der Waals surface area contributed by atoms with Crippen LogP contribution in [0.2, 0.25) is 0 Å². The molecule has 0 aliphatic carbocycles. The van der Waals surface area contributed by atoms with Gasteiger partial charge in [0.15, 0.2) is 0 Å². The Morgan fingerprint density at radius 2 is 1.69 bits per heavy atom. The van der Waals surface area contributed by atoms with Crippen molar-refractivity contribution in [2.75, 3.05) is 19.6 Å². The molecule has 0 heterocycles. The van der Waals surface area contributed by atoms with E-state index in [0.29, 0.717) is 31.5 Å². The van der Waals surface area contributed by atoms with E-state index in [1.165, 1.54) is 30.0 Å². The van der Waals surface area contributed by atoms with E-state index in [1.807, 2.05) is 0 Å². The number of nitrogens with zero attached hydrogens (tertiary/aromatic N) is 1. The summed E-state index contributed by atoms with van der Waals surface area (Å²) in [7, 11) is 0. The third-order valence-electron chi connectivity index (χ3n) is 4.04. The molecule has 4 nitrogen and oxygen atoms in total. The Balaban J connectivity index is 1.79. The first-order valence-electron chi connectivity index (χ1n) is 8.46. The molecule has 2 aromatic rings. The van der Waals surface area contributed by atoms with Gasteiger partial charge in [0.2, 0.25) is 11.8 Å². The monoisotopic (exact) mass is 360 g/mol. The molecular formula is C20H22F2N2O2. The van der Waals surface area contributed by atoms with Crippen LogP contribution in [0.1, 0.15) is 18.1 Å². The fourth-order valence-corrected chi connectivity index (χ4v) is 2.53. The molecule has 0 aromatic heterocycles. The van der Waals surface area contributed by atoms with Crippen molar-refractivity contribution in [3.8, 4) is 0 Å². The highest BCUT2D eigenvalue weighted by Crippen LogP contribution is 2.07. The Morgan fingerprint density at radius 1 is 1.00 bits per heavy atom. The number of hydrogen-bond acceptors (Lipinski definition) is 2. The van der Waals surface area contributed by atoms with Gasteiger partial charge >= 0.3 is 0 Å². The zero-order valence-corrected chi connectivity index (χ0v) is 14.7. The number of rotatable bonds is 8. The van der Waals surface area contributed by atoms with E-state index in [4.69, 9.17) is 0 Å². The first-order chi connectivity index (χ1) is 12.5. The van der Waals surface area contributed by atoms with Gasteiger partial charge in [-0.15, -0.1) is 0 Å². The van der Waals surface area contributed by atoms with Gasteiger partial charge in [0.05, 0.1) is 6.54 Å². The summed E-state index contributed by atoms with van der Waals surface area (Å²) in [5.74, 6) is -1.12. The van der Waals surface area contributed by atoms with Gasteiger partial charge in [-0.3, -0.25) is 9.59 Å². The largest absolute Gasteiger partial charge is 0.354 e. The van der Waals surface area contributed by atoms with E-state index >= 15 is 0 Å². The predicted molar refractivity (Wildman–Crippen MR) is 95.5 cm³/mol. The summed E-state index contributed by atoms with van der Waals surface area (Å²) < 4.78 is 26.4. The number of benzene rings is 2. The van der Waals surface area contributed by atoms with Gasteiger partial charge in [-0.05, 0) is 42.2 Å². The highest BCUT2D eigenvalue weighted by molar-refractivity contribution is 5.83. The number of carbonyl (C=O) groups excluding carboxylic acids is 2. The maximum Gasteiger partial charge on any atom is 0.239 e. The van der Waals surface area contributed by atoms with Crippen LogP contribution in [0.3, 0.4) is 0 Å². The summed E-state index contributed by atoms with van der Waals surface area (Å²) in [5.41, 5.74) is 1.42. The summed E-state index contributed by atoms with van der Waals surface area (Å²) in [6, 6.07) is 12.4. The second-order valence-electron chi connectivity index (χ2n) is 6.01. The van der Waals surface area contributed by atoms with E-state index < -0.39 is 0 Å². The van der Waals surface area contributed by atoms with Gasteiger partial charge in [0, 0.05) is 20.0 Å². The molecule has 2 amide bonds. The van der Waals surface area contributed by atoms with Gasteiger partial charge in [-0.2, -0.15) is 0 Å². The molecule has 0 fully saturated rings. The lowest BCUT2D eigenvalue weighted by atomic mass is 10.1. The molecule has 26 heavy (non-hydrogen) atoms. The maximum atomic E-state index is 13.5. The summed E-state index contributed by atoms with van der Waals surface area (Å²) >= 11 is 0. The first kappa shape index (κ1) is 19.6. The first-order valence-corrected chi connectivity index (χ1v) is 8.46. The molecular weight excluding hydrogens is 338 g/mol. The van der Waals surface area contributed by atoms with Crippen LogP contribution < -0.4 is 5.32 Å². The molecule has 0 saturated heterocycles. The zero-order chi connectivity index (χ0) is 18.9. The van der Waals surface area contributed by atoms with E-state index in [9.17, 15) is 18.4 Å². The fourth-order valence-electron chi connectivity index (χ4n) is 2.53. The fraction of sp³-hybridized carbons (Fsp3) is 0.300. The molecule has 0 atom stereocenters. The average molecular weight is 360 g/mol. The van der Waals surface area contributed by atoms with Crippen LogP contribution in [0.4, 0.5) is 8.78 Å². The highest BCUT2D eigenvalue weighted by Gasteiger charge is 2.13. The van der Waals surface area contributed by atoms with Gasteiger partial charge < -0.3 is 10.2 Å². The summed E-state index contributed by atoms with van der Waals surface area (Å²) in [4.78, 5) is 25.2. The van der Waals surface area contributed by atoms with Crippen molar-refractivity contribution in [1.82, 2.24) is 10.2 Å². The Morgan fingerprint density at radius 3 is 2.35 bits per heavy atom. The molecule has 2 rings (SSSR count). The van der Waals surface area contributed by atoms with Crippen LogP contribution in [0.15, 0.2) is 48.5 Å². The van der Waals surface area contributed by atoms with Crippen molar-refractivity contribution in [3.05, 3.63) is 71.3 Å². The molecule has 6 heteroatoms. The molecule has 0 spiro atoms. The second kappa shape index (κ2) is 9.65. The Bertz CT molecular complexity index is 748. The van der Waals surface area contributed by atoms with Crippen LogP contribution in [-0.4, -0.2) is 36.3 Å². The third kappa shape index (κ3) is 6.27. The average Bonchev–Trinajstić information content (AvgIpc) is 2.61. The van der Waals surface area contributed by atoms with E-state index in [1.54, 1.807) is 30.3 Å². The number of carbonyl (C=O) groups is 2. The molecule has 2 aromatic carbocycles. The Kier molecular flexibility index (Phi) is 7.26. The topological polar surface area (TPSA) is 49.4 Å². The number of amides is 2. The number of hydrogen-bond donors (Lipinski definition) is 1. The molecule has 0 aliphatic heterocycles. The Hall–Kier alpha value is -2.76. The van der Waals surface area contributed by atoms with Crippen molar-refractivity contribution in [3.63, 3.8) is 0 Å². The van der Waals surface area contributed by atoms with Crippen LogP contribution in [-0.2, 0) is 22.4 Å². The Labute approximate surface area is 151 Å². The minimum absolute atomic E-state index is 0.0617. The molecule has 0 aliphatic rings. The molecule has 0 bridgehead atoms. The molecule has 138 valence electrons. The SMILES string of the molecule is CC(=O)N(CCc1ccc(F)cc1)CC(=O)NCCc1ccccc1F. The highest BCUT2D eigenvalue weighted by atomic mass is 19.1. The minimum atomic E-state index is -0.314. The lowest BCUT2D eigenvalue weighted by Gasteiger charge is -2.20. The summed E-state index contributed by atoms with van der Waals surface area (Å²) in [5, 5.41) is 2.70. The van der Waals surface area contributed by atoms with Crippen molar-refractivity contribution >= 4 is 11.8 Å². The van der Waals surface area contributed by atoms with Gasteiger partial charge in [0.1, 0.15) is 11.6 Å². The number of halogens is 2. The second-order valence-corrected chi connectivity index (χ2v) is 6.01. The van der Waals surface area contributed by atoms with Gasteiger partial charge in [0.25, 0.3) is 0 Å². The van der Waals surface area contributed by atoms with Gasteiger partial charge in [-0.25, -0.2) is 8.78 Å². The zero-order valence-electron chi connectivity index (χ0n) is 14.7. The van der Waals surface area contributed by atoms with Crippen molar-refractivity contribution < 1.29 is 18.4 Å². The molecule has 0 saturated carbocycles. The number of nitrogens with one attached hydrogen (secondary N) is 1. The maximum absolute atomic E-state index is 13.5. The standard InChI is InChI=1S/C20H22F2N2O2/c1-15(25)24(13-11-16-6-8-18(21)9-7-16)14-20(26)23-12-10-17-4-2-3-5-19(17)22/h2-9H,10-14H2,1H3,(H,23,26).